The summed E-state index contributed by atoms with van der Waals surface area (Å²) in [6, 6.07) is 5.71. The number of hydrogen-bond donors (Lipinski definition) is 1. The number of ether oxygens (including phenoxy) is 1. The molecule has 0 saturated carbocycles. The van der Waals surface area contributed by atoms with Crippen LogP contribution >= 0.6 is 0 Å². The van der Waals surface area contributed by atoms with E-state index in [9.17, 15) is 9.90 Å². The van der Waals surface area contributed by atoms with Crippen LogP contribution in [0.3, 0.4) is 0 Å². The van der Waals surface area contributed by atoms with Gasteiger partial charge in [-0.3, -0.25) is 4.79 Å². The van der Waals surface area contributed by atoms with Gasteiger partial charge >= 0.3 is 0 Å². The van der Waals surface area contributed by atoms with E-state index >= 15 is 0 Å². The number of aliphatic hydroxyl groups is 1. The summed E-state index contributed by atoms with van der Waals surface area (Å²) in [7, 11) is 1.56. The van der Waals surface area contributed by atoms with Crippen molar-refractivity contribution >= 4 is 5.91 Å². The molecule has 1 aromatic carbocycles. The number of amides is 1. The van der Waals surface area contributed by atoms with Crippen molar-refractivity contribution in [2.24, 2.45) is 0 Å². The maximum absolute atomic E-state index is 12.8. The molecule has 20 heavy (non-hydrogen) atoms. The summed E-state index contributed by atoms with van der Waals surface area (Å²) >= 11 is 0. The molecule has 0 atom stereocenters. The van der Waals surface area contributed by atoms with Gasteiger partial charge in [-0.1, -0.05) is 25.5 Å². The van der Waals surface area contributed by atoms with Crippen molar-refractivity contribution in [3.05, 3.63) is 29.3 Å². The minimum Gasteiger partial charge on any atom is -0.496 e. The molecule has 4 nitrogen and oxygen atoms in total. The zero-order valence-electron chi connectivity index (χ0n) is 12.8. The molecule has 0 saturated heterocycles. The van der Waals surface area contributed by atoms with Crippen molar-refractivity contribution in [1.29, 1.82) is 0 Å². The van der Waals surface area contributed by atoms with E-state index in [1.54, 1.807) is 12.0 Å². The summed E-state index contributed by atoms with van der Waals surface area (Å²) < 4.78 is 5.29. The molecule has 0 radical (unpaired) electrons. The second-order valence-corrected chi connectivity index (χ2v) is 4.90. The lowest BCUT2D eigenvalue weighted by Gasteiger charge is -2.30. The molecule has 0 heterocycles. The van der Waals surface area contributed by atoms with Gasteiger partial charge in [-0.25, -0.2) is 0 Å². The van der Waals surface area contributed by atoms with Gasteiger partial charge in [0.05, 0.1) is 19.3 Å². The van der Waals surface area contributed by atoms with Crippen LogP contribution in [-0.4, -0.2) is 42.2 Å². The van der Waals surface area contributed by atoms with Crippen molar-refractivity contribution in [2.45, 2.75) is 39.7 Å². The Labute approximate surface area is 121 Å². The van der Waals surface area contributed by atoms with Crippen LogP contribution in [0, 0.1) is 6.92 Å². The van der Waals surface area contributed by atoms with Crippen molar-refractivity contribution < 1.29 is 14.6 Å². The van der Waals surface area contributed by atoms with Gasteiger partial charge < -0.3 is 14.7 Å². The van der Waals surface area contributed by atoms with Gasteiger partial charge in [-0.05, 0) is 31.9 Å². The van der Waals surface area contributed by atoms with Gasteiger partial charge in [0.15, 0.2) is 0 Å². The largest absolute Gasteiger partial charge is 0.496 e. The standard InChI is InChI=1S/C16H25NO3/c1-5-13(6-2)17(9-10-18)16(19)14-11-12(3)7-8-15(14)20-4/h7-8,11,13,18H,5-6,9-10H2,1-4H3. The van der Waals surface area contributed by atoms with E-state index in [-0.39, 0.29) is 18.6 Å². The molecule has 4 heteroatoms. The number of hydrogen-bond acceptors (Lipinski definition) is 3. The van der Waals surface area contributed by atoms with E-state index in [1.807, 2.05) is 25.1 Å². The number of rotatable bonds is 7. The Morgan fingerprint density at radius 3 is 2.50 bits per heavy atom. The van der Waals surface area contributed by atoms with Gasteiger partial charge in [-0.2, -0.15) is 0 Å². The molecule has 1 N–H and O–H groups in total. The molecule has 0 aromatic heterocycles. The molecule has 0 aliphatic carbocycles. The molecule has 0 fully saturated rings. The van der Waals surface area contributed by atoms with E-state index in [0.29, 0.717) is 17.9 Å². The van der Waals surface area contributed by atoms with Gasteiger partial charge in [0.1, 0.15) is 5.75 Å². The molecule has 0 spiro atoms. The fourth-order valence-corrected chi connectivity index (χ4v) is 2.43. The smallest absolute Gasteiger partial charge is 0.257 e. The van der Waals surface area contributed by atoms with Crippen LogP contribution in [0.15, 0.2) is 18.2 Å². The lowest BCUT2D eigenvalue weighted by Crippen LogP contribution is -2.41. The summed E-state index contributed by atoms with van der Waals surface area (Å²) in [5.74, 6) is 0.503. The molecular weight excluding hydrogens is 254 g/mol. The summed E-state index contributed by atoms with van der Waals surface area (Å²) in [6.07, 6.45) is 1.74. The van der Waals surface area contributed by atoms with Crippen molar-refractivity contribution in [1.82, 2.24) is 4.90 Å². The van der Waals surface area contributed by atoms with Crippen LogP contribution in [0.4, 0.5) is 0 Å². The summed E-state index contributed by atoms with van der Waals surface area (Å²) in [5, 5.41) is 9.23. The molecule has 1 aromatic rings. The molecule has 0 aliphatic heterocycles. The SMILES string of the molecule is CCC(CC)N(CCO)C(=O)c1cc(C)ccc1OC. The number of benzene rings is 1. The average Bonchev–Trinajstić information content (AvgIpc) is 2.46. The highest BCUT2D eigenvalue weighted by atomic mass is 16.5. The lowest BCUT2D eigenvalue weighted by molar-refractivity contribution is 0.0619. The third-order valence-electron chi connectivity index (χ3n) is 3.57. The third kappa shape index (κ3) is 3.73. The lowest BCUT2D eigenvalue weighted by atomic mass is 10.1. The van der Waals surface area contributed by atoms with Gasteiger partial charge in [0.2, 0.25) is 0 Å². The topological polar surface area (TPSA) is 49.8 Å². The Balaban J connectivity index is 3.14. The highest BCUT2D eigenvalue weighted by molar-refractivity contribution is 5.97. The first-order valence-electron chi connectivity index (χ1n) is 7.15. The Kier molecular flexibility index (Phi) is 6.52. The van der Waals surface area contributed by atoms with Crippen molar-refractivity contribution in [2.75, 3.05) is 20.3 Å². The third-order valence-corrected chi connectivity index (χ3v) is 3.57. The normalized spacial score (nSPS) is 10.7. The molecule has 112 valence electrons. The number of aryl methyl sites for hydroxylation is 1. The fraction of sp³-hybridized carbons (Fsp3) is 0.562. The minimum absolute atomic E-state index is 0.0314. The molecule has 0 bridgehead atoms. The van der Waals surface area contributed by atoms with Crippen LogP contribution in [0.2, 0.25) is 0 Å². The minimum atomic E-state index is -0.0756. The summed E-state index contributed by atoms with van der Waals surface area (Å²) in [6.45, 7) is 6.38. The molecule has 0 unspecified atom stereocenters. The predicted molar refractivity (Wildman–Crippen MR) is 80.2 cm³/mol. The zero-order valence-corrected chi connectivity index (χ0v) is 12.8. The van der Waals surface area contributed by atoms with Gasteiger partial charge in [0, 0.05) is 12.6 Å². The first-order valence-corrected chi connectivity index (χ1v) is 7.15. The second-order valence-electron chi connectivity index (χ2n) is 4.90. The maximum Gasteiger partial charge on any atom is 0.257 e. The van der Waals surface area contributed by atoms with E-state index in [2.05, 4.69) is 13.8 Å². The predicted octanol–water partition coefficient (Wildman–Crippen LogP) is 2.63. The average molecular weight is 279 g/mol. The van der Waals surface area contributed by atoms with E-state index < -0.39 is 0 Å². The highest BCUT2D eigenvalue weighted by Gasteiger charge is 2.24. The number of nitrogens with zero attached hydrogens (tertiary/aromatic N) is 1. The number of aliphatic hydroxyl groups excluding tert-OH is 1. The first-order chi connectivity index (χ1) is 9.58. The Bertz CT molecular complexity index is 441. The van der Waals surface area contributed by atoms with Crippen LogP contribution < -0.4 is 4.74 Å². The quantitative estimate of drug-likeness (QED) is 0.834. The van der Waals surface area contributed by atoms with Crippen molar-refractivity contribution in [3.63, 3.8) is 0 Å². The number of carbonyl (C=O) groups is 1. The molecular formula is C16H25NO3. The van der Waals surface area contributed by atoms with E-state index in [4.69, 9.17) is 4.74 Å². The van der Waals surface area contributed by atoms with Gasteiger partial charge in [0.25, 0.3) is 5.91 Å². The van der Waals surface area contributed by atoms with E-state index in [0.717, 1.165) is 18.4 Å². The highest BCUT2D eigenvalue weighted by Crippen LogP contribution is 2.23. The van der Waals surface area contributed by atoms with Gasteiger partial charge in [-0.15, -0.1) is 0 Å². The number of methoxy groups -OCH3 is 1. The van der Waals surface area contributed by atoms with Crippen LogP contribution in [-0.2, 0) is 0 Å². The van der Waals surface area contributed by atoms with Crippen LogP contribution in [0.25, 0.3) is 0 Å². The fourth-order valence-electron chi connectivity index (χ4n) is 2.43. The molecule has 0 aliphatic rings. The monoisotopic (exact) mass is 279 g/mol. The second kappa shape index (κ2) is 7.90. The Morgan fingerprint density at radius 1 is 1.35 bits per heavy atom. The Hall–Kier alpha value is -1.55. The number of carbonyl (C=O) groups excluding carboxylic acids is 1. The van der Waals surface area contributed by atoms with Crippen LogP contribution in [0.5, 0.6) is 5.75 Å². The zero-order chi connectivity index (χ0) is 15.1. The molecule has 1 rings (SSSR count). The Morgan fingerprint density at radius 2 is 2.00 bits per heavy atom. The van der Waals surface area contributed by atoms with E-state index in [1.165, 1.54) is 0 Å². The summed E-state index contributed by atoms with van der Waals surface area (Å²) in [5.41, 5.74) is 1.58. The van der Waals surface area contributed by atoms with Crippen LogP contribution in [0.1, 0.15) is 42.6 Å². The van der Waals surface area contributed by atoms with Crippen molar-refractivity contribution in [3.8, 4) is 5.75 Å². The summed E-state index contributed by atoms with van der Waals surface area (Å²) in [4.78, 5) is 14.5. The molecule has 1 amide bonds. The maximum atomic E-state index is 12.8. The first kappa shape index (κ1) is 16.5.